The minimum atomic E-state index is -3.42. The lowest BCUT2D eigenvalue weighted by molar-refractivity contribution is -0.171. The minimum absolute atomic E-state index is 0.0750. The summed E-state index contributed by atoms with van der Waals surface area (Å²) in [4.78, 5) is 10.9. The van der Waals surface area contributed by atoms with Crippen LogP contribution in [-0.4, -0.2) is 18.5 Å². The number of hydrogen-bond donors (Lipinski definition) is 0. The second kappa shape index (κ2) is 7.37. The molecule has 0 aliphatic heterocycles. The highest BCUT2D eigenvalue weighted by Gasteiger charge is 2.38. The Morgan fingerprint density at radius 3 is 2.60 bits per heavy atom. The van der Waals surface area contributed by atoms with Crippen LogP contribution in [0.4, 0.5) is 8.78 Å². The molecule has 88 valence electrons. The molecule has 15 heavy (non-hydrogen) atoms. The van der Waals surface area contributed by atoms with Crippen LogP contribution in [-0.2, 0) is 9.53 Å². The monoisotopic (exact) mass is 220 g/mol. The van der Waals surface area contributed by atoms with Crippen molar-refractivity contribution in [2.45, 2.75) is 45.0 Å². The molecule has 0 aromatic carbocycles. The molecule has 0 radical (unpaired) electrons. The maximum absolute atomic E-state index is 12.8. The van der Waals surface area contributed by atoms with Gasteiger partial charge in [0, 0.05) is 6.42 Å². The third kappa shape index (κ3) is 6.20. The van der Waals surface area contributed by atoms with E-state index in [9.17, 15) is 13.6 Å². The number of ether oxygens (including phenoxy) is 1. The molecule has 4 heteroatoms. The maximum Gasteiger partial charge on any atom is 0.377 e. The number of allylic oxidation sites excluding steroid dienone is 1. The lowest BCUT2D eigenvalue weighted by Crippen LogP contribution is -2.30. The van der Waals surface area contributed by atoms with Crippen molar-refractivity contribution in [2.24, 2.45) is 0 Å². The minimum Gasteiger partial charge on any atom is -0.461 e. The van der Waals surface area contributed by atoms with Crippen molar-refractivity contribution >= 4 is 5.97 Å². The van der Waals surface area contributed by atoms with Gasteiger partial charge in [-0.15, -0.1) is 6.58 Å². The first-order chi connectivity index (χ1) is 7.04. The van der Waals surface area contributed by atoms with Gasteiger partial charge in [-0.05, 0) is 6.42 Å². The Morgan fingerprint density at radius 1 is 1.40 bits per heavy atom. The van der Waals surface area contributed by atoms with Crippen molar-refractivity contribution in [1.29, 1.82) is 0 Å². The second-order valence-corrected chi connectivity index (χ2v) is 3.39. The number of esters is 1. The number of alkyl halides is 2. The molecule has 0 bridgehead atoms. The van der Waals surface area contributed by atoms with Crippen LogP contribution in [0, 0.1) is 0 Å². The number of unbranched alkanes of at least 4 members (excludes halogenated alkanes) is 3. The van der Waals surface area contributed by atoms with Gasteiger partial charge in [0.25, 0.3) is 0 Å². The van der Waals surface area contributed by atoms with Gasteiger partial charge in [0.1, 0.15) is 0 Å². The predicted octanol–water partition coefficient (Wildman–Crippen LogP) is 3.32. The first-order valence-corrected chi connectivity index (χ1v) is 5.20. The van der Waals surface area contributed by atoms with Crippen LogP contribution in [0.1, 0.15) is 39.0 Å². The molecule has 0 N–H and O–H groups in total. The lowest BCUT2D eigenvalue weighted by Gasteiger charge is -2.12. The van der Waals surface area contributed by atoms with E-state index in [0.717, 1.165) is 25.3 Å². The van der Waals surface area contributed by atoms with Gasteiger partial charge in [-0.1, -0.05) is 32.3 Å². The molecular weight excluding hydrogens is 202 g/mol. The predicted molar refractivity (Wildman–Crippen MR) is 54.9 cm³/mol. The van der Waals surface area contributed by atoms with Gasteiger partial charge >= 0.3 is 11.9 Å². The average Bonchev–Trinajstić information content (AvgIpc) is 2.17. The summed E-state index contributed by atoms with van der Waals surface area (Å²) in [7, 11) is 0. The molecule has 0 aliphatic carbocycles. The molecule has 0 atom stereocenters. The molecule has 2 nitrogen and oxygen atoms in total. The van der Waals surface area contributed by atoms with Gasteiger partial charge in [0.15, 0.2) is 0 Å². The molecule has 0 fully saturated rings. The summed E-state index contributed by atoms with van der Waals surface area (Å²) in [5.41, 5.74) is 0. The summed E-state index contributed by atoms with van der Waals surface area (Å²) in [6.07, 6.45) is 3.97. The summed E-state index contributed by atoms with van der Waals surface area (Å²) in [6.45, 7) is 5.28. The van der Waals surface area contributed by atoms with E-state index < -0.39 is 18.3 Å². The SMILES string of the molecule is C=CCC(F)(F)C(=O)OCCCCCC. The molecule has 0 saturated heterocycles. The molecule has 0 rings (SSSR count). The van der Waals surface area contributed by atoms with Crippen molar-refractivity contribution in [2.75, 3.05) is 6.61 Å². The Bertz CT molecular complexity index is 203. The van der Waals surface area contributed by atoms with E-state index in [2.05, 4.69) is 11.3 Å². The highest BCUT2D eigenvalue weighted by atomic mass is 19.3. The Kier molecular flexibility index (Phi) is 6.92. The molecule has 0 aromatic rings. The lowest BCUT2D eigenvalue weighted by atomic mass is 10.2. The summed E-state index contributed by atoms with van der Waals surface area (Å²) in [5, 5.41) is 0. The average molecular weight is 220 g/mol. The first-order valence-electron chi connectivity index (χ1n) is 5.20. The molecule has 0 unspecified atom stereocenters. The molecule has 0 aromatic heterocycles. The fourth-order valence-electron chi connectivity index (χ4n) is 1.06. The van der Waals surface area contributed by atoms with Gasteiger partial charge in [0.05, 0.1) is 6.61 Å². The van der Waals surface area contributed by atoms with E-state index in [1.54, 1.807) is 0 Å². The zero-order valence-electron chi connectivity index (χ0n) is 9.10. The van der Waals surface area contributed by atoms with Crippen LogP contribution in [0.3, 0.4) is 0 Å². The van der Waals surface area contributed by atoms with Crippen molar-refractivity contribution < 1.29 is 18.3 Å². The van der Waals surface area contributed by atoms with Gasteiger partial charge in [-0.3, -0.25) is 0 Å². The molecule has 0 aliphatic rings. The number of rotatable bonds is 8. The van der Waals surface area contributed by atoms with Gasteiger partial charge in [0.2, 0.25) is 0 Å². The standard InChI is InChI=1S/C11H18F2O2/c1-3-5-6-7-9-15-10(14)11(12,13)8-4-2/h4H,2-3,5-9H2,1H3. The summed E-state index contributed by atoms with van der Waals surface area (Å²) in [5.74, 6) is -4.87. The van der Waals surface area contributed by atoms with E-state index in [4.69, 9.17) is 0 Å². The van der Waals surface area contributed by atoms with E-state index in [1.807, 2.05) is 6.92 Å². The molecular formula is C11H18F2O2. The Balaban J connectivity index is 3.68. The van der Waals surface area contributed by atoms with Gasteiger partial charge < -0.3 is 4.74 Å². The summed E-state index contributed by atoms with van der Waals surface area (Å²) in [6, 6.07) is 0. The molecule has 0 spiro atoms. The van der Waals surface area contributed by atoms with Gasteiger partial charge in [-0.2, -0.15) is 8.78 Å². The summed E-state index contributed by atoms with van der Waals surface area (Å²) < 4.78 is 30.2. The van der Waals surface area contributed by atoms with Crippen molar-refractivity contribution in [1.82, 2.24) is 0 Å². The van der Waals surface area contributed by atoms with E-state index in [1.165, 1.54) is 0 Å². The number of carbonyl (C=O) groups is 1. The highest BCUT2D eigenvalue weighted by Crippen LogP contribution is 2.20. The zero-order valence-corrected chi connectivity index (χ0v) is 9.10. The quantitative estimate of drug-likeness (QED) is 0.356. The Labute approximate surface area is 89.3 Å². The normalized spacial score (nSPS) is 11.1. The van der Waals surface area contributed by atoms with Crippen LogP contribution in [0.2, 0.25) is 0 Å². The topological polar surface area (TPSA) is 26.3 Å². The molecule has 0 amide bonds. The smallest absolute Gasteiger partial charge is 0.377 e. The zero-order chi connectivity index (χ0) is 11.7. The molecule has 0 heterocycles. The maximum atomic E-state index is 12.8. The fourth-order valence-corrected chi connectivity index (χ4v) is 1.06. The van der Waals surface area contributed by atoms with Gasteiger partial charge in [-0.25, -0.2) is 4.79 Å². The summed E-state index contributed by atoms with van der Waals surface area (Å²) >= 11 is 0. The highest BCUT2D eigenvalue weighted by molar-refractivity contribution is 5.77. The fraction of sp³-hybridized carbons (Fsp3) is 0.727. The Morgan fingerprint density at radius 2 is 2.07 bits per heavy atom. The third-order valence-electron chi connectivity index (χ3n) is 1.93. The number of carbonyl (C=O) groups excluding carboxylic acids is 1. The van der Waals surface area contributed by atoms with Crippen LogP contribution in [0.5, 0.6) is 0 Å². The second-order valence-electron chi connectivity index (χ2n) is 3.39. The number of halogens is 2. The van der Waals surface area contributed by atoms with E-state index in [-0.39, 0.29) is 6.61 Å². The first kappa shape index (κ1) is 14.1. The van der Waals surface area contributed by atoms with Crippen molar-refractivity contribution in [3.05, 3.63) is 12.7 Å². The third-order valence-corrected chi connectivity index (χ3v) is 1.93. The van der Waals surface area contributed by atoms with Crippen LogP contribution in [0.25, 0.3) is 0 Å². The van der Waals surface area contributed by atoms with E-state index >= 15 is 0 Å². The van der Waals surface area contributed by atoms with Crippen molar-refractivity contribution in [3.63, 3.8) is 0 Å². The van der Waals surface area contributed by atoms with Crippen LogP contribution < -0.4 is 0 Å². The Hall–Kier alpha value is -0.930. The molecule has 0 saturated carbocycles. The number of hydrogen-bond acceptors (Lipinski definition) is 2. The van der Waals surface area contributed by atoms with Crippen LogP contribution >= 0.6 is 0 Å². The largest absolute Gasteiger partial charge is 0.461 e. The van der Waals surface area contributed by atoms with E-state index in [0.29, 0.717) is 6.42 Å². The van der Waals surface area contributed by atoms with Crippen molar-refractivity contribution in [3.8, 4) is 0 Å². The van der Waals surface area contributed by atoms with Crippen LogP contribution in [0.15, 0.2) is 12.7 Å².